The molecule has 6 nitrogen and oxygen atoms in total. The Morgan fingerprint density at radius 1 is 1.50 bits per heavy atom. The van der Waals surface area contributed by atoms with Crippen molar-refractivity contribution in [2.45, 2.75) is 6.92 Å². The molecule has 20 heavy (non-hydrogen) atoms. The van der Waals surface area contributed by atoms with Crippen LogP contribution in [0.5, 0.6) is 0 Å². The first-order valence-corrected chi connectivity index (χ1v) is 6.35. The third kappa shape index (κ3) is 1.94. The van der Waals surface area contributed by atoms with Crippen molar-refractivity contribution in [1.29, 1.82) is 0 Å². The maximum atomic E-state index is 11.9. The Hall–Kier alpha value is -2.34. The van der Waals surface area contributed by atoms with Crippen LogP contribution in [0.4, 0.5) is 0 Å². The van der Waals surface area contributed by atoms with Crippen LogP contribution in [0.1, 0.15) is 17.3 Å². The van der Waals surface area contributed by atoms with E-state index in [-0.39, 0.29) is 12.2 Å². The number of aromatic nitrogens is 3. The molecular weight excluding hydrogens is 282 g/mol. The van der Waals surface area contributed by atoms with Gasteiger partial charge in [-0.25, -0.2) is 9.78 Å². The number of imidazole rings is 1. The van der Waals surface area contributed by atoms with E-state index in [1.54, 1.807) is 29.7 Å². The third-order valence-electron chi connectivity index (χ3n) is 2.86. The van der Waals surface area contributed by atoms with Crippen molar-refractivity contribution < 1.29 is 9.53 Å². The number of nitrogens with one attached hydrogen (secondary N) is 1. The van der Waals surface area contributed by atoms with Gasteiger partial charge in [0.1, 0.15) is 22.4 Å². The number of esters is 1. The highest BCUT2D eigenvalue weighted by molar-refractivity contribution is 6.30. The van der Waals surface area contributed by atoms with Gasteiger partial charge in [0.2, 0.25) is 0 Å². The maximum Gasteiger partial charge on any atom is 0.343 e. The van der Waals surface area contributed by atoms with Gasteiger partial charge in [0.05, 0.1) is 11.6 Å². The average molecular weight is 292 g/mol. The van der Waals surface area contributed by atoms with Crippen LogP contribution in [0.15, 0.2) is 29.2 Å². The second kappa shape index (κ2) is 4.64. The van der Waals surface area contributed by atoms with Gasteiger partial charge < -0.3 is 9.72 Å². The number of rotatable bonds is 2. The second-order valence-corrected chi connectivity index (χ2v) is 4.59. The highest BCUT2D eigenvalue weighted by Crippen LogP contribution is 2.17. The summed E-state index contributed by atoms with van der Waals surface area (Å²) in [5.74, 6) is -0.661. The fraction of sp³-hybridized carbons (Fsp3) is 0.154. The molecule has 0 aliphatic rings. The van der Waals surface area contributed by atoms with E-state index in [4.69, 9.17) is 16.3 Å². The standard InChI is InChI=1S/C13H10ClN3O3/c1-2-20-13(19)8-5-9-11(16-12(8)18)17-6-7(14)3-4-10(17)15-9/h3-6H,2H2,1H3,(H,16,18). The Morgan fingerprint density at radius 2 is 2.30 bits per heavy atom. The van der Waals surface area contributed by atoms with E-state index in [1.807, 2.05) is 0 Å². The number of carbonyl (C=O) groups excluding carboxylic acids is 1. The minimum Gasteiger partial charge on any atom is -0.462 e. The van der Waals surface area contributed by atoms with Gasteiger partial charge in [-0.15, -0.1) is 0 Å². The minimum absolute atomic E-state index is 0.0612. The first-order valence-electron chi connectivity index (χ1n) is 5.98. The van der Waals surface area contributed by atoms with Gasteiger partial charge in [-0.2, -0.15) is 0 Å². The Morgan fingerprint density at radius 3 is 3.05 bits per heavy atom. The first-order chi connectivity index (χ1) is 9.60. The van der Waals surface area contributed by atoms with Gasteiger partial charge >= 0.3 is 5.97 Å². The molecule has 0 amide bonds. The molecule has 7 heteroatoms. The maximum absolute atomic E-state index is 11.9. The average Bonchev–Trinajstić information content (AvgIpc) is 2.75. The van der Waals surface area contributed by atoms with Gasteiger partial charge in [0.25, 0.3) is 5.56 Å². The van der Waals surface area contributed by atoms with E-state index in [9.17, 15) is 9.59 Å². The Labute approximate surface area is 118 Å². The fourth-order valence-corrected chi connectivity index (χ4v) is 2.16. The lowest BCUT2D eigenvalue weighted by Gasteiger charge is -2.01. The Bertz CT molecular complexity index is 882. The zero-order valence-electron chi connectivity index (χ0n) is 10.5. The first kappa shape index (κ1) is 12.7. The number of H-pyrrole nitrogens is 1. The summed E-state index contributed by atoms with van der Waals surface area (Å²) in [6.45, 7) is 1.88. The highest BCUT2D eigenvalue weighted by atomic mass is 35.5. The lowest BCUT2D eigenvalue weighted by Crippen LogP contribution is -2.19. The number of fused-ring (bicyclic) bond motifs is 3. The molecule has 0 saturated heterocycles. The van der Waals surface area contributed by atoms with Crippen molar-refractivity contribution >= 4 is 34.4 Å². The van der Waals surface area contributed by atoms with Crippen molar-refractivity contribution in [1.82, 2.24) is 14.4 Å². The number of hydrogen-bond donors (Lipinski definition) is 1. The number of aromatic amines is 1. The molecule has 0 aromatic carbocycles. The van der Waals surface area contributed by atoms with Crippen molar-refractivity contribution in [3.8, 4) is 0 Å². The number of pyridine rings is 2. The summed E-state index contributed by atoms with van der Waals surface area (Å²) in [4.78, 5) is 30.6. The van der Waals surface area contributed by atoms with Crippen LogP contribution in [-0.2, 0) is 4.74 Å². The number of halogens is 1. The summed E-state index contributed by atoms with van der Waals surface area (Å²) >= 11 is 5.92. The summed E-state index contributed by atoms with van der Waals surface area (Å²) in [7, 11) is 0. The summed E-state index contributed by atoms with van der Waals surface area (Å²) in [6.07, 6.45) is 1.65. The smallest absolute Gasteiger partial charge is 0.343 e. The topological polar surface area (TPSA) is 76.5 Å². The third-order valence-corrected chi connectivity index (χ3v) is 3.09. The van der Waals surface area contributed by atoms with Crippen LogP contribution < -0.4 is 5.56 Å². The fourth-order valence-electron chi connectivity index (χ4n) is 2.00. The minimum atomic E-state index is -0.661. The van der Waals surface area contributed by atoms with E-state index < -0.39 is 11.5 Å². The highest BCUT2D eigenvalue weighted by Gasteiger charge is 2.15. The summed E-state index contributed by atoms with van der Waals surface area (Å²) < 4.78 is 6.50. The molecule has 1 N–H and O–H groups in total. The molecule has 0 atom stereocenters. The van der Waals surface area contributed by atoms with Crippen molar-refractivity contribution in [2.24, 2.45) is 0 Å². The molecule has 3 aromatic heterocycles. The monoisotopic (exact) mass is 291 g/mol. The van der Waals surface area contributed by atoms with Gasteiger partial charge in [-0.1, -0.05) is 11.6 Å². The lowest BCUT2D eigenvalue weighted by atomic mass is 10.2. The molecule has 102 valence electrons. The van der Waals surface area contributed by atoms with Gasteiger partial charge in [0.15, 0.2) is 0 Å². The van der Waals surface area contributed by atoms with E-state index in [0.29, 0.717) is 21.8 Å². The number of carbonyl (C=O) groups is 1. The molecule has 0 aliphatic heterocycles. The molecule has 0 saturated carbocycles. The Kier molecular flexibility index (Phi) is 2.94. The van der Waals surface area contributed by atoms with Crippen LogP contribution in [0.25, 0.3) is 16.8 Å². The molecule has 3 heterocycles. The molecule has 0 aliphatic carbocycles. The number of hydrogen-bond acceptors (Lipinski definition) is 4. The molecule has 0 fully saturated rings. The van der Waals surface area contributed by atoms with Crippen molar-refractivity contribution in [2.75, 3.05) is 6.61 Å². The number of ether oxygens (including phenoxy) is 1. The zero-order chi connectivity index (χ0) is 14.3. The normalized spacial score (nSPS) is 11.1. The summed E-state index contributed by atoms with van der Waals surface area (Å²) in [5, 5.41) is 0.520. The predicted molar refractivity (Wildman–Crippen MR) is 74.3 cm³/mol. The molecular formula is C13H10ClN3O3. The molecule has 3 rings (SSSR count). The lowest BCUT2D eigenvalue weighted by molar-refractivity contribution is 0.0524. The SMILES string of the molecule is CCOC(=O)c1cc2nc3ccc(Cl)cn3c2[nH]c1=O. The summed E-state index contributed by atoms with van der Waals surface area (Å²) in [5.41, 5.74) is 1.03. The zero-order valence-corrected chi connectivity index (χ0v) is 11.3. The van der Waals surface area contributed by atoms with Gasteiger partial charge in [0, 0.05) is 6.20 Å². The van der Waals surface area contributed by atoms with Crippen LogP contribution in [0.3, 0.4) is 0 Å². The second-order valence-electron chi connectivity index (χ2n) is 4.15. The molecule has 0 bridgehead atoms. The van der Waals surface area contributed by atoms with Crippen LogP contribution >= 0.6 is 11.6 Å². The van der Waals surface area contributed by atoms with Crippen molar-refractivity contribution in [3.63, 3.8) is 0 Å². The molecule has 0 radical (unpaired) electrons. The van der Waals surface area contributed by atoms with Gasteiger partial charge in [-0.05, 0) is 25.1 Å². The van der Waals surface area contributed by atoms with Crippen LogP contribution in [0, 0.1) is 0 Å². The molecule has 0 unspecified atom stereocenters. The molecule has 0 spiro atoms. The van der Waals surface area contributed by atoms with Crippen LogP contribution in [0.2, 0.25) is 5.02 Å². The van der Waals surface area contributed by atoms with E-state index in [0.717, 1.165) is 0 Å². The van der Waals surface area contributed by atoms with E-state index in [2.05, 4.69) is 9.97 Å². The van der Waals surface area contributed by atoms with Gasteiger partial charge in [-0.3, -0.25) is 9.20 Å². The predicted octanol–water partition coefficient (Wildman–Crippen LogP) is 2.01. The van der Waals surface area contributed by atoms with Crippen molar-refractivity contribution in [3.05, 3.63) is 45.3 Å². The molecule has 3 aromatic rings. The van der Waals surface area contributed by atoms with E-state index >= 15 is 0 Å². The number of nitrogens with zero attached hydrogens (tertiary/aromatic N) is 2. The summed E-state index contributed by atoms with van der Waals surface area (Å²) in [6, 6.07) is 4.85. The largest absolute Gasteiger partial charge is 0.462 e. The quantitative estimate of drug-likeness (QED) is 0.733. The van der Waals surface area contributed by atoms with Crippen LogP contribution in [-0.4, -0.2) is 26.9 Å². The van der Waals surface area contributed by atoms with E-state index in [1.165, 1.54) is 6.07 Å². The Balaban J connectivity index is 2.29.